The first kappa shape index (κ1) is 22.0. The maximum Gasteiger partial charge on any atom is 0.170 e. The van der Waals surface area contributed by atoms with Crippen molar-refractivity contribution in [2.75, 3.05) is 20.3 Å². The first-order valence-corrected chi connectivity index (χ1v) is 11.6. The second-order valence-corrected chi connectivity index (χ2v) is 9.11. The number of thiocarbonyl (C=S) groups is 1. The minimum absolute atomic E-state index is 0.00453. The fraction of sp³-hybridized carbons (Fsp3) is 0.333. The minimum atomic E-state index is -0.00453. The molecule has 7 heteroatoms. The molecule has 2 aromatic heterocycles. The highest BCUT2D eigenvalue weighted by molar-refractivity contribution is 9.10. The van der Waals surface area contributed by atoms with Crippen LogP contribution in [0.15, 0.2) is 59.2 Å². The molecular weight excluding hydrogens is 472 g/mol. The Labute approximate surface area is 197 Å². The van der Waals surface area contributed by atoms with Crippen molar-refractivity contribution in [3.63, 3.8) is 0 Å². The number of methoxy groups -OCH3 is 1. The molecule has 0 saturated carbocycles. The van der Waals surface area contributed by atoms with Crippen LogP contribution < -0.4 is 5.32 Å². The lowest BCUT2D eigenvalue weighted by Crippen LogP contribution is -2.31. The van der Waals surface area contributed by atoms with Gasteiger partial charge in [-0.25, -0.2) is 0 Å². The summed E-state index contributed by atoms with van der Waals surface area (Å²) in [6.07, 6.45) is 2.75. The van der Waals surface area contributed by atoms with Gasteiger partial charge in [0, 0.05) is 48.0 Å². The molecule has 31 heavy (non-hydrogen) atoms. The number of aromatic nitrogens is 2. The highest BCUT2D eigenvalue weighted by Crippen LogP contribution is 2.41. The van der Waals surface area contributed by atoms with Crippen LogP contribution in [0.3, 0.4) is 0 Å². The van der Waals surface area contributed by atoms with Crippen molar-refractivity contribution in [2.45, 2.75) is 32.4 Å². The second kappa shape index (κ2) is 9.51. The van der Waals surface area contributed by atoms with E-state index in [2.05, 4.69) is 85.9 Å². The fourth-order valence-corrected chi connectivity index (χ4v) is 5.03. The normalized spacial score (nSPS) is 18.5. The molecular formula is C24H27BrN4OS. The van der Waals surface area contributed by atoms with E-state index in [-0.39, 0.29) is 12.1 Å². The standard InChI is InChI=1S/C24H27BrN4OS/c1-16-15-20(17(2)29(16)19-10-8-18(25)9-11-19)23-22(21-7-4-5-12-26-21)27-24(31)28(23)13-6-14-30-3/h4-5,7-12,15,22-23H,6,13-14H2,1-3H3,(H,27,31)/t22-,23-/m0/s1. The molecule has 4 rings (SSSR count). The van der Waals surface area contributed by atoms with Crippen LogP contribution in [0.4, 0.5) is 0 Å². The summed E-state index contributed by atoms with van der Waals surface area (Å²) >= 11 is 9.31. The van der Waals surface area contributed by atoms with Crippen molar-refractivity contribution in [1.82, 2.24) is 19.8 Å². The Morgan fingerprint density at radius 1 is 1.16 bits per heavy atom. The highest BCUT2D eigenvalue weighted by Gasteiger charge is 2.41. The van der Waals surface area contributed by atoms with E-state index < -0.39 is 0 Å². The minimum Gasteiger partial charge on any atom is -0.385 e. The zero-order valence-electron chi connectivity index (χ0n) is 18.0. The molecule has 0 unspecified atom stereocenters. The molecule has 0 aliphatic carbocycles. The van der Waals surface area contributed by atoms with Crippen molar-refractivity contribution in [1.29, 1.82) is 0 Å². The van der Waals surface area contributed by atoms with Crippen LogP contribution >= 0.6 is 28.1 Å². The molecule has 0 radical (unpaired) electrons. The molecule has 1 fully saturated rings. The number of halogens is 1. The monoisotopic (exact) mass is 498 g/mol. The van der Waals surface area contributed by atoms with Gasteiger partial charge in [-0.2, -0.15) is 0 Å². The maximum absolute atomic E-state index is 5.77. The molecule has 1 aromatic carbocycles. The number of hydrogen-bond donors (Lipinski definition) is 1. The van der Waals surface area contributed by atoms with Crippen molar-refractivity contribution in [2.24, 2.45) is 0 Å². The number of benzene rings is 1. The van der Waals surface area contributed by atoms with Gasteiger partial charge in [-0.15, -0.1) is 0 Å². The third kappa shape index (κ3) is 4.40. The van der Waals surface area contributed by atoms with E-state index in [0.29, 0.717) is 6.61 Å². The summed E-state index contributed by atoms with van der Waals surface area (Å²) in [5.41, 5.74) is 5.83. The number of rotatable bonds is 7. The van der Waals surface area contributed by atoms with Gasteiger partial charge in [-0.3, -0.25) is 4.98 Å². The lowest BCUT2D eigenvalue weighted by Gasteiger charge is -2.28. The first-order valence-electron chi connectivity index (χ1n) is 10.4. The van der Waals surface area contributed by atoms with Gasteiger partial charge in [-0.1, -0.05) is 22.0 Å². The van der Waals surface area contributed by atoms with Crippen molar-refractivity contribution < 1.29 is 4.74 Å². The number of aryl methyl sites for hydroxylation is 1. The summed E-state index contributed by atoms with van der Waals surface area (Å²) in [5.74, 6) is 0. The zero-order chi connectivity index (χ0) is 22.0. The molecule has 3 heterocycles. The summed E-state index contributed by atoms with van der Waals surface area (Å²) in [5, 5.41) is 4.31. The first-order chi connectivity index (χ1) is 15.0. The van der Waals surface area contributed by atoms with Crippen LogP contribution in [0.5, 0.6) is 0 Å². The molecule has 0 bridgehead atoms. The van der Waals surface area contributed by atoms with Crippen LogP contribution in [0.1, 0.15) is 41.1 Å². The number of hydrogen-bond acceptors (Lipinski definition) is 3. The quantitative estimate of drug-likeness (QED) is 0.355. The molecule has 0 amide bonds. The van der Waals surface area contributed by atoms with E-state index >= 15 is 0 Å². The molecule has 1 N–H and O–H groups in total. The molecule has 0 spiro atoms. The molecule has 1 aliphatic heterocycles. The van der Waals surface area contributed by atoms with Crippen LogP contribution in [-0.4, -0.2) is 39.8 Å². The number of pyridine rings is 1. The Morgan fingerprint density at radius 3 is 2.61 bits per heavy atom. The Morgan fingerprint density at radius 2 is 1.94 bits per heavy atom. The molecule has 5 nitrogen and oxygen atoms in total. The number of nitrogens with one attached hydrogen (secondary N) is 1. The fourth-order valence-electron chi connectivity index (χ4n) is 4.44. The molecule has 162 valence electrons. The number of nitrogens with zero attached hydrogens (tertiary/aromatic N) is 3. The predicted molar refractivity (Wildman–Crippen MR) is 132 cm³/mol. The van der Waals surface area contributed by atoms with Crippen LogP contribution in [0.25, 0.3) is 5.69 Å². The van der Waals surface area contributed by atoms with Crippen molar-refractivity contribution >= 4 is 33.3 Å². The summed E-state index contributed by atoms with van der Waals surface area (Å²) in [6.45, 7) is 5.88. The van der Waals surface area contributed by atoms with Gasteiger partial charge in [0.1, 0.15) is 0 Å². The Hall–Kier alpha value is -2.22. The van der Waals surface area contributed by atoms with Gasteiger partial charge in [-0.05, 0) is 80.5 Å². The van der Waals surface area contributed by atoms with Crippen LogP contribution in [0.2, 0.25) is 0 Å². The summed E-state index contributed by atoms with van der Waals surface area (Å²) < 4.78 is 8.68. The zero-order valence-corrected chi connectivity index (χ0v) is 20.4. The third-order valence-electron chi connectivity index (χ3n) is 5.82. The molecule has 2 atom stereocenters. The van der Waals surface area contributed by atoms with Crippen LogP contribution in [0, 0.1) is 13.8 Å². The summed E-state index contributed by atoms with van der Waals surface area (Å²) in [7, 11) is 1.74. The van der Waals surface area contributed by atoms with Gasteiger partial charge in [0.25, 0.3) is 0 Å². The van der Waals surface area contributed by atoms with E-state index in [1.165, 1.54) is 17.0 Å². The molecule has 1 saturated heterocycles. The van der Waals surface area contributed by atoms with E-state index in [1.807, 2.05) is 18.3 Å². The van der Waals surface area contributed by atoms with Gasteiger partial charge in [0.15, 0.2) is 5.11 Å². The molecule has 1 aliphatic rings. The Bertz CT molecular complexity index is 1050. The predicted octanol–water partition coefficient (Wildman–Crippen LogP) is 5.26. The van der Waals surface area contributed by atoms with Gasteiger partial charge in [0.05, 0.1) is 17.8 Å². The summed E-state index contributed by atoms with van der Waals surface area (Å²) in [4.78, 5) is 6.94. The van der Waals surface area contributed by atoms with E-state index in [0.717, 1.165) is 33.9 Å². The van der Waals surface area contributed by atoms with Crippen molar-refractivity contribution in [3.8, 4) is 5.69 Å². The smallest absolute Gasteiger partial charge is 0.170 e. The average molecular weight is 499 g/mol. The van der Waals surface area contributed by atoms with Gasteiger partial charge < -0.3 is 19.5 Å². The third-order valence-corrected chi connectivity index (χ3v) is 6.70. The largest absolute Gasteiger partial charge is 0.385 e. The van der Waals surface area contributed by atoms with E-state index in [1.54, 1.807) is 7.11 Å². The van der Waals surface area contributed by atoms with Gasteiger partial charge >= 0.3 is 0 Å². The lowest BCUT2D eigenvalue weighted by atomic mass is 9.96. The Balaban J connectivity index is 1.78. The maximum atomic E-state index is 5.77. The SMILES string of the molecule is COCCCN1C(=S)N[C@@H](c2ccccn2)[C@@H]1c1cc(C)n(-c2ccc(Br)cc2)c1C. The average Bonchev–Trinajstić information content (AvgIpc) is 3.25. The van der Waals surface area contributed by atoms with E-state index in [4.69, 9.17) is 17.0 Å². The highest BCUT2D eigenvalue weighted by atomic mass is 79.9. The lowest BCUT2D eigenvalue weighted by molar-refractivity contribution is 0.180. The number of ether oxygens (including phenoxy) is 1. The van der Waals surface area contributed by atoms with E-state index in [9.17, 15) is 0 Å². The van der Waals surface area contributed by atoms with Crippen molar-refractivity contribution in [3.05, 3.63) is 81.8 Å². The van der Waals surface area contributed by atoms with Gasteiger partial charge in [0.2, 0.25) is 0 Å². The Kier molecular flexibility index (Phi) is 6.74. The van der Waals surface area contributed by atoms with Crippen LogP contribution in [-0.2, 0) is 4.74 Å². The second-order valence-electron chi connectivity index (χ2n) is 7.80. The molecule has 3 aromatic rings. The topological polar surface area (TPSA) is 42.3 Å². The summed E-state index contributed by atoms with van der Waals surface area (Å²) in [6, 6.07) is 16.8.